The van der Waals surface area contributed by atoms with Crippen molar-refractivity contribution >= 4 is 5.91 Å². The SMILES string of the molecule is C=C(C)COCCNC(=O)c1c(C)c(C)n[nH]c1=O. The average molecular weight is 265 g/mol. The first-order chi connectivity index (χ1) is 8.93. The summed E-state index contributed by atoms with van der Waals surface area (Å²) in [4.78, 5) is 23.5. The second-order valence-electron chi connectivity index (χ2n) is 4.40. The molecule has 104 valence electrons. The molecule has 6 heteroatoms. The van der Waals surface area contributed by atoms with E-state index in [9.17, 15) is 9.59 Å². The molecule has 0 spiro atoms. The highest BCUT2D eigenvalue weighted by atomic mass is 16.5. The van der Waals surface area contributed by atoms with E-state index in [1.807, 2.05) is 6.92 Å². The van der Waals surface area contributed by atoms with Crippen LogP contribution in [0.3, 0.4) is 0 Å². The number of rotatable bonds is 6. The molecule has 0 aliphatic heterocycles. The number of ether oxygens (including phenoxy) is 1. The Labute approximate surface area is 111 Å². The average Bonchev–Trinajstić information content (AvgIpc) is 2.33. The molecule has 1 aromatic rings. The van der Waals surface area contributed by atoms with Crippen LogP contribution in [-0.2, 0) is 4.74 Å². The van der Waals surface area contributed by atoms with Crippen molar-refractivity contribution in [3.63, 3.8) is 0 Å². The summed E-state index contributed by atoms with van der Waals surface area (Å²) in [6.07, 6.45) is 0. The highest BCUT2D eigenvalue weighted by Gasteiger charge is 2.15. The van der Waals surface area contributed by atoms with Crippen molar-refractivity contribution < 1.29 is 9.53 Å². The lowest BCUT2D eigenvalue weighted by Gasteiger charge is -2.08. The Balaban J connectivity index is 2.57. The summed E-state index contributed by atoms with van der Waals surface area (Å²) in [6, 6.07) is 0. The van der Waals surface area contributed by atoms with Crippen LogP contribution in [0.15, 0.2) is 16.9 Å². The van der Waals surface area contributed by atoms with Crippen LogP contribution in [0.1, 0.15) is 28.5 Å². The fraction of sp³-hybridized carbons (Fsp3) is 0.462. The van der Waals surface area contributed by atoms with E-state index in [0.29, 0.717) is 31.0 Å². The van der Waals surface area contributed by atoms with Gasteiger partial charge in [0.05, 0.1) is 18.9 Å². The second kappa shape index (κ2) is 6.84. The molecule has 1 aromatic heterocycles. The van der Waals surface area contributed by atoms with Crippen LogP contribution in [0.2, 0.25) is 0 Å². The van der Waals surface area contributed by atoms with Gasteiger partial charge in [-0.2, -0.15) is 5.10 Å². The van der Waals surface area contributed by atoms with Gasteiger partial charge in [0.1, 0.15) is 5.56 Å². The summed E-state index contributed by atoms with van der Waals surface area (Å²) >= 11 is 0. The standard InChI is InChI=1S/C13H19N3O3/c1-8(2)7-19-6-5-14-12(17)11-9(3)10(4)15-16-13(11)18/h1,5-7H2,2-4H3,(H,14,17)(H,16,18). The number of hydrogen-bond acceptors (Lipinski definition) is 4. The summed E-state index contributed by atoms with van der Waals surface area (Å²) in [6.45, 7) is 10.2. The minimum Gasteiger partial charge on any atom is -0.375 e. The number of hydrogen-bond donors (Lipinski definition) is 2. The summed E-state index contributed by atoms with van der Waals surface area (Å²) in [5.41, 5.74) is 1.76. The minimum absolute atomic E-state index is 0.104. The molecule has 0 aromatic carbocycles. The first kappa shape index (κ1) is 15.1. The van der Waals surface area contributed by atoms with Crippen molar-refractivity contribution in [2.75, 3.05) is 19.8 Å². The van der Waals surface area contributed by atoms with Gasteiger partial charge in [-0.25, -0.2) is 5.10 Å². The van der Waals surface area contributed by atoms with Crippen LogP contribution < -0.4 is 10.9 Å². The van der Waals surface area contributed by atoms with Gasteiger partial charge in [-0.3, -0.25) is 9.59 Å². The Morgan fingerprint density at radius 3 is 2.79 bits per heavy atom. The largest absolute Gasteiger partial charge is 0.375 e. The third kappa shape index (κ3) is 4.33. The normalized spacial score (nSPS) is 10.3. The van der Waals surface area contributed by atoms with Crippen LogP contribution in [0.5, 0.6) is 0 Å². The molecule has 0 saturated heterocycles. The van der Waals surface area contributed by atoms with Crippen molar-refractivity contribution in [2.45, 2.75) is 20.8 Å². The molecule has 1 rings (SSSR count). The molecule has 2 N–H and O–H groups in total. The number of aromatic nitrogens is 2. The number of carbonyl (C=O) groups excluding carboxylic acids is 1. The third-order valence-electron chi connectivity index (χ3n) is 2.58. The van der Waals surface area contributed by atoms with Crippen LogP contribution in [0, 0.1) is 13.8 Å². The van der Waals surface area contributed by atoms with Crippen LogP contribution in [0.25, 0.3) is 0 Å². The number of nitrogens with one attached hydrogen (secondary N) is 2. The van der Waals surface area contributed by atoms with Gasteiger partial charge in [0, 0.05) is 6.54 Å². The molecule has 0 bridgehead atoms. The van der Waals surface area contributed by atoms with E-state index in [0.717, 1.165) is 5.57 Å². The zero-order valence-electron chi connectivity index (χ0n) is 11.5. The number of H-pyrrole nitrogens is 1. The summed E-state index contributed by atoms with van der Waals surface area (Å²) in [7, 11) is 0. The van der Waals surface area contributed by atoms with Gasteiger partial charge < -0.3 is 10.1 Å². The van der Waals surface area contributed by atoms with Gasteiger partial charge in [0.2, 0.25) is 0 Å². The first-order valence-electron chi connectivity index (χ1n) is 5.99. The molecule has 0 saturated carbocycles. The summed E-state index contributed by atoms with van der Waals surface area (Å²) < 4.78 is 5.25. The zero-order valence-corrected chi connectivity index (χ0v) is 11.5. The fourth-order valence-corrected chi connectivity index (χ4v) is 1.47. The van der Waals surface area contributed by atoms with Gasteiger partial charge in [0.15, 0.2) is 0 Å². The minimum atomic E-state index is -0.483. The molecule has 0 unspecified atom stereocenters. The van der Waals surface area contributed by atoms with Gasteiger partial charge in [-0.05, 0) is 26.3 Å². The maximum Gasteiger partial charge on any atom is 0.277 e. The monoisotopic (exact) mass is 265 g/mol. The molecule has 0 atom stereocenters. The van der Waals surface area contributed by atoms with Crippen molar-refractivity contribution in [3.05, 3.63) is 39.3 Å². The Morgan fingerprint density at radius 1 is 1.47 bits per heavy atom. The number of nitrogens with zero attached hydrogens (tertiary/aromatic N) is 1. The molecule has 19 heavy (non-hydrogen) atoms. The molecular formula is C13H19N3O3. The Bertz CT molecular complexity index is 534. The predicted molar refractivity (Wildman–Crippen MR) is 72.3 cm³/mol. The molecule has 0 fully saturated rings. The first-order valence-corrected chi connectivity index (χ1v) is 5.99. The van der Waals surface area contributed by atoms with E-state index in [1.165, 1.54) is 0 Å². The van der Waals surface area contributed by atoms with E-state index in [4.69, 9.17) is 4.74 Å². The highest BCUT2D eigenvalue weighted by Crippen LogP contribution is 2.04. The fourth-order valence-electron chi connectivity index (χ4n) is 1.47. The topological polar surface area (TPSA) is 84.1 Å². The molecule has 0 radical (unpaired) electrons. The van der Waals surface area contributed by atoms with E-state index in [2.05, 4.69) is 22.1 Å². The van der Waals surface area contributed by atoms with E-state index >= 15 is 0 Å². The number of aryl methyl sites for hydroxylation is 1. The Morgan fingerprint density at radius 2 is 2.16 bits per heavy atom. The van der Waals surface area contributed by atoms with Gasteiger partial charge >= 0.3 is 0 Å². The summed E-state index contributed by atoms with van der Waals surface area (Å²) in [5.74, 6) is -0.414. The zero-order chi connectivity index (χ0) is 14.4. The van der Waals surface area contributed by atoms with Gasteiger partial charge in [-0.1, -0.05) is 12.2 Å². The maximum atomic E-state index is 11.9. The number of carbonyl (C=O) groups is 1. The quantitative estimate of drug-likeness (QED) is 0.586. The molecular weight excluding hydrogens is 246 g/mol. The lowest BCUT2D eigenvalue weighted by molar-refractivity contribution is 0.0924. The summed E-state index contributed by atoms with van der Waals surface area (Å²) in [5, 5.41) is 8.74. The van der Waals surface area contributed by atoms with Crippen LogP contribution in [-0.4, -0.2) is 35.9 Å². The van der Waals surface area contributed by atoms with Gasteiger partial charge in [-0.15, -0.1) is 0 Å². The van der Waals surface area contributed by atoms with Gasteiger partial charge in [0.25, 0.3) is 11.5 Å². The molecule has 0 aliphatic rings. The van der Waals surface area contributed by atoms with Crippen molar-refractivity contribution in [1.82, 2.24) is 15.5 Å². The Hall–Kier alpha value is -1.95. The lowest BCUT2D eigenvalue weighted by Crippen LogP contribution is -2.33. The van der Waals surface area contributed by atoms with E-state index < -0.39 is 11.5 Å². The number of amides is 1. The highest BCUT2D eigenvalue weighted by molar-refractivity contribution is 5.95. The molecule has 6 nitrogen and oxygen atoms in total. The van der Waals surface area contributed by atoms with Crippen molar-refractivity contribution in [1.29, 1.82) is 0 Å². The van der Waals surface area contributed by atoms with Crippen LogP contribution in [0.4, 0.5) is 0 Å². The van der Waals surface area contributed by atoms with Crippen LogP contribution >= 0.6 is 0 Å². The maximum absolute atomic E-state index is 11.9. The van der Waals surface area contributed by atoms with Crippen molar-refractivity contribution in [2.24, 2.45) is 0 Å². The van der Waals surface area contributed by atoms with Crippen molar-refractivity contribution in [3.8, 4) is 0 Å². The second-order valence-corrected chi connectivity index (χ2v) is 4.40. The lowest BCUT2D eigenvalue weighted by atomic mass is 10.1. The third-order valence-corrected chi connectivity index (χ3v) is 2.58. The predicted octanol–water partition coefficient (Wildman–Crippen LogP) is 0.709. The van der Waals surface area contributed by atoms with E-state index in [-0.39, 0.29) is 5.56 Å². The smallest absolute Gasteiger partial charge is 0.277 e. The number of aromatic amines is 1. The molecule has 1 amide bonds. The Kier molecular flexibility index (Phi) is 5.44. The molecule has 0 aliphatic carbocycles. The molecule has 1 heterocycles. The van der Waals surface area contributed by atoms with E-state index in [1.54, 1.807) is 13.8 Å².